The Bertz CT molecular complexity index is 470. The number of benzene rings is 1. The Kier molecular flexibility index (Phi) is 4.71. The van der Waals surface area contributed by atoms with Crippen LogP contribution in [0.4, 0.5) is 11.4 Å². The standard InChI is InChI=1S/C15H23N3O2/c1-10(2)20-13-5-3-4-12(14(13)16)17-8-9-18-15(19)11-6-7-11/h3-5,10-11,17H,6-9,16H2,1-2H3,(H,18,19). The molecule has 0 aliphatic heterocycles. The second-order valence-corrected chi connectivity index (χ2v) is 5.38. The summed E-state index contributed by atoms with van der Waals surface area (Å²) in [5.41, 5.74) is 7.50. The third kappa shape index (κ3) is 4.05. The van der Waals surface area contributed by atoms with Crippen molar-refractivity contribution in [3.05, 3.63) is 18.2 Å². The SMILES string of the molecule is CC(C)Oc1cccc(NCCNC(=O)C2CC2)c1N. The van der Waals surface area contributed by atoms with Crippen molar-refractivity contribution in [2.24, 2.45) is 5.92 Å². The molecule has 0 spiro atoms. The highest BCUT2D eigenvalue weighted by atomic mass is 16.5. The third-order valence-corrected chi connectivity index (χ3v) is 3.12. The van der Waals surface area contributed by atoms with E-state index >= 15 is 0 Å². The van der Waals surface area contributed by atoms with E-state index in [-0.39, 0.29) is 17.9 Å². The van der Waals surface area contributed by atoms with Crippen molar-refractivity contribution >= 4 is 17.3 Å². The summed E-state index contributed by atoms with van der Waals surface area (Å²) in [6, 6.07) is 5.67. The van der Waals surface area contributed by atoms with Gasteiger partial charge >= 0.3 is 0 Å². The van der Waals surface area contributed by atoms with Gasteiger partial charge in [-0.15, -0.1) is 0 Å². The molecule has 110 valence electrons. The molecule has 0 unspecified atom stereocenters. The molecule has 1 aliphatic rings. The number of ether oxygens (including phenoxy) is 1. The normalized spacial score (nSPS) is 14.2. The first-order valence-electron chi connectivity index (χ1n) is 7.14. The van der Waals surface area contributed by atoms with E-state index in [0.29, 0.717) is 24.5 Å². The van der Waals surface area contributed by atoms with E-state index < -0.39 is 0 Å². The van der Waals surface area contributed by atoms with Crippen LogP contribution in [0.15, 0.2) is 18.2 Å². The number of nitrogens with two attached hydrogens (primary N) is 1. The van der Waals surface area contributed by atoms with Gasteiger partial charge in [0.05, 0.1) is 17.5 Å². The molecule has 1 fully saturated rings. The van der Waals surface area contributed by atoms with Crippen LogP contribution in [-0.2, 0) is 4.79 Å². The summed E-state index contributed by atoms with van der Waals surface area (Å²) in [5, 5.41) is 6.13. The first kappa shape index (κ1) is 14.5. The van der Waals surface area contributed by atoms with E-state index in [1.807, 2.05) is 32.0 Å². The number of hydrogen-bond donors (Lipinski definition) is 3. The van der Waals surface area contributed by atoms with Crippen LogP contribution in [0.1, 0.15) is 26.7 Å². The molecule has 0 heterocycles. The summed E-state index contributed by atoms with van der Waals surface area (Å²) < 4.78 is 5.64. The summed E-state index contributed by atoms with van der Waals surface area (Å²) in [6.07, 6.45) is 2.15. The molecule has 0 radical (unpaired) electrons. The minimum Gasteiger partial charge on any atom is -0.489 e. The minimum atomic E-state index is 0.0883. The lowest BCUT2D eigenvalue weighted by Crippen LogP contribution is -2.29. The number of nitrogens with one attached hydrogen (secondary N) is 2. The molecule has 1 saturated carbocycles. The van der Waals surface area contributed by atoms with Crippen LogP contribution in [0, 0.1) is 5.92 Å². The molecule has 5 heteroatoms. The predicted molar refractivity (Wildman–Crippen MR) is 80.8 cm³/mol. The highest BCUT2D eigenvalue weighted by Crippen LogP contribution is 2.30. The fourth-order valence-corrected chi connectivity index (χ4v) is 1.93. The number of anilines is 2. The first-order chi connectivity index (χ1) is 9.58. The fraction of sp³-hybridized carbons (Fsp3) is 0.533. The van der Waals surface area contributed by atoms with Crippen LogP contribution in [0.2, 0.25) is 0 Å². The highest BCUT2D eigenvalue weighted by molar-refractivity contribution is 5.80. The molecule has 0 aromatic heterocycles. The summed E-state index contributed by atoms with van der Waals surface area (Å²) in [4.78, 5) is 11.5. The zero-order valence-electron chi connectivity index (χ0n) is 12.1. The van der Waals surface area contributed by atoms with E-state index in [1.165, 1.54) is 0 Å². The maximum absolute atomic E-state index is 11.5. The van der Waals surface area contributed by atoms with Gasteiger partial charge in [-0.2, -0.15) is 0 Å². The van der Waals surface area contributed by atoms with Gasteiger partial charge < -0.3 is 21.1 Å². The van der Waals surface area contributed by atoms with E-state index in [0.717, 1.165) is 18.5 Å². The number of carbonyl (C=O) groups is 1. The van der Waals surface area contributed by atoms with Crippen molar-refractivity contribution < 1.29 is 9.53 Å². The Morgan fingerprint density at radius 3 is 2.80 bits per heavy atom. The average molecular weight is 277 g/mol. The number of hydrogen-bond acceptors (Lipinski definition) is 4. The van der Waals surface area contributed by atoms with Gasteiger partial charge in [-0.3, -0.25) is 4.79 Å². The molecule has 1 aromatic rings. The molecule has 2 rings (SSSR count). The summed E-state index contributed by atoms with van der Waals surface area (Å²) >= 11 is 0. The van der Waals surface area contributed by atoms with Gasteiger partial charge in [-0.25, -0.2) is 0 Å². The molecular weight excluding hydrogens is 254 g/mol. The lowest BCUT2D eigenvalue weighted by atomic mass is 10.2. The molecule has 4 N–H and O–H groups in total. The predicted octanol–water partition coefficient (Wildman–Crippen LogP) is 1.99. The van der Waals surface area contributed by atoms with Crippen LogP contribution < -0.4 is 21.1 Å². The van der Waals surface area contributed by atoms with Gasteiger partial charge in [0.1, 0.15) is 5.75 Å². The van der Waals surface area contributed by atoms with Crippen LogP contribution in [0.5, 0.6) is 5.75 Å². The second kappa shape index (κ2) is 6.50. The van der Waals surface area contributed by atoms with Crippen molar-refractivity contribution in [2.45, 2.75) is 32.8 Å². The molecule has 1 aromatic carbocycles. The largest absolute Gasteiger partial charge is 0.489 e. The van der Waals surface area contributed by atoms with Gasteiger partial charge in [0.15, 0.2) is 0 Å². The maximum Gasteiger partial charge on any atom is 0.223 e. The number of rotatable bonds is 7. The molecule has 0 atom stereocenters. The van der Waals surface area contributed by atoms with Crippen molar-refractivity contribution in [3.63, 3.8) is 0 Å². The lowest BCUT2D eigenvalue weighted by molar-refractivity contribution is -0.122. The Balaban J connectivity index is 1.81. The zero-order chi connectivity index (χ0) is 14.5. The number of carbonyl (C=O) groups excluding carboxylic acids is 1. The number of amides is 1. The quantitative estimate of drug-likeness (QED) is 0.526. The van der Waals surface area contributed by atoms with Crippen LogP contribution in [0.25, 0.3) is 0 Å². The summed E-state index contributed by atoms with van der Waals surface area (Å²) in [7, 11) is 0. The second-order valence-electron chi connectivity index (χ2n) is 5.38. The van der Waals surface area contributed by atoms with Gasteiger partial charge in [0, 0.05) is 19.0 Å². The van der Waals surface area contributed by atoms with Crippen molar-refractivity contribution in [1.82, 2.24) is 5.32 Å². The van der Waals surface area contributed by atoms with E-state index in [4.69, 9.17) is 10.5 Å². The Morgan fingerprint density at radius 2 is 2.15 bits per heavy atom. The van der Waals surface area contributed by atoms with E-state index in [9.17, 15) is 4.79 Å². The van der Waals surface area contributed by atoms with Crippen molar-refractivity contribution in [2.75, 3.05) is 24.1 Å². The molecular formula is C15H23N3O2. The van der Waals surface area contributed by atoms with Crippen molar-refractivity contribution in [1.29, 1.82) is 0 Å². The molecule has 1 amide bonds. The van der Waals surface area contributed by atoms with Gasteiger partial charge in [-0.1, -0.05) is 6.07 Å². The monoisotopic (exact) mass is 277 g/mol. The maximum atomic E-state index is 11.5. The molecule has 5 nitrogen and oxygen atoms in total. The fourth-order valence-electron chi connectivity index (χ4n) is 1.93. The van der Waals surface area contributed by atoms with Crippen molar-refractivity contribution in [3.8, 4) is 5.75 Å². The molecule has 0 saturated heterocycles. The van der Waals surface area contributed by atoms with E-state index in [1.54, 1.807) is 0 Å². The topological polar surface area (TPSA) is 76.4 Å². The highest BCUT2D eigenvalue weighted by Gasteiger charge is 2.28. The minimum absolute atomic E-state index is 0.0883. The molecule has 0 bridgehead atoms. The summed E-state index contributed by atoms with van der Waals surface area (Å²) in [5.74, 6) is 1.10. The van der Waals surface area contributed by atoms with Gasteiger partial charge in [0.2, 0.25) is 5.91 Å². The zero-order valence-corrected chi connectivity index (χ0v) is 12.1. The average Bonchev–Trinajstić information content (AvgIpc) is 3.22. The third-order valence-electron chi connectivity index (χ3n) is 3.12. The summed E-state index contributed by atoms with van der Waals surface area (Å²) in [6.45, 7) is 5.18. The van der Waals surface area contributed by atoms with E-state index in [2.05, 4.69) is 10.6 Å². The van der Waals surface area contributed by atoms with Crippen LogP contribution >= 0.6 is 0 Å². The Labute approximate surface area is 119 Å². The molecule has 1 aliphatic carbocycles. The van der Waals surface area contributed by atoms with Crippen LogP contribution in [0.3, 0.4) is 0 Å². The Hall–Kier alpha value is -1.91. The van der Waals surface area contributed by atoms with Gasteiger partial charge in [0.25, 0.3) is 0 Å². The van der Waals surface area contributed by atoms with Crippen LogP contribution in [-0.4, -0.2) is 25.1 Å². The molecule has 20 heavy (non-hydrogen) atoms. The Morgan fingerprint density at radius 1 is 1.40 bits per heavy atom. The number of para-hydroxylation sites is 1. The smallest absolute Gasteiger partial charge is 0.223 e. The lowest BCUT2D eigenvalue weighted by Gasteiger charge is -2.16. The van der Waals surface area contributed by atoms with Gasteiger partial charge in [-0.05, 0) is 38.8 Å². The number of nitrogen functional groups attached to an aromatic ring is 1. The first-order valence-corrected chi connectivity index (χ1v) is 7.14.